The summed E-state index contributed by atoms with van der Waals surface area (Å²) >= 11 is 0. The molecule has 1 aromatic carbocycles. The maximum Gasteiger partial charge on any atom is 0.294 e. The summed E-state index contributed by atoms with van der Waals surface area (Å²) in [5, 5.41) is 5.58. The highest BCUT2D eigenvalue weighted by Gasteiger charge is 2.34. The van der Waals surface area contributed by atoms with Crippen LogP contribution in [0.1, 0.15) is 57.4 Å². The van der Waals surface area contributed by atoms with Crippen LogP contribution < -0.4 is 10.6 Å². The molecule has 0 aliphatic carbocycles. The number of benzene rings is 1. The molecule has 1 fully saturated rings. The number of Topliss-reactive ketones (excluding diaryl/α,β-unsaturated/α-hetero) is 1. The number of ether oxygens (including phenoxy) is 1. The lowest BCUT2D eigenvalue weighted by Gasteiger charge is -2.34. The first-order valence-corrected chi connectivity index (χ1v) is 10.2. The van der Waals surface area contributed by atoms with Gasteiger partial charge in [-0.25, -0.2) is 4.39 Å². The number of halogens is 1. The number of aryl methyl sites for hydroxylation is 1. The molecule has 0 unspecified atom stereocenters. The first-order chi connectivity index (χ1) is 14.5. The van der Waals surface area contributed by atoms with E-state index in [2.05, 4.69) is 10.6 Å². The van der Waals surface area contributed by atoms with Crippen LogP contribution in [0.2, 0.25) is 0 Å². The van der Waals surface area contributed by atoms with Crippen LogP contribution in [0.3, 0.4) is 0 Å². The van der Waals surface area contributed by atoms with Crippen LogP contribution in [-0.4, -0.2) is 40.9 Å². The second-order valence-corrected chi connectivity index (χ2v) is 8.37. The van der Waals surface area contributed by atoms with Crippen molar-refractivity contribution in [2.45, 2.75) is 46.1 Å². The van der Waals surface area contributed by atoms with Gasteiger partial charge < -0.3 is 19.9 Å². The largest absolute Gasteiger partial charge is 0.381 e. The van der Waals surface area contributed by atoms with Crippen molar-refractivity contribution in [1.82, 2.24) is 9.88 Å². The van der Waals surface area contributed by atoms with Crippen molar-refractivity contribution in [1.29, 1.82) is 0 Å². The lowest BCUT2D eigenvalue weighted by atomic mass is 9.92. The van der Waals surface area contributed by atoms with Crippen molar-refractivity contribution in [3.8, 4) is 0 Å². The zero-order chi connectivity index (χ0) is 22.9. The Bertz CT molecular complexity index is 1050. The van der Waals surface area contributed by atoms with E-state index in [0.717, 1.165) is 0 Å². The number of anilines is 1. The molecule has 166 valence electrons. The lowest BCUT2D eigenvalue weighted by Crippen LogP contribution is -2.51. The van der Waals surface area contributed by atoms with Crippen molar-refractivity contribution in [3.63, 3.8) is 0 Å². The molecular formula is C23H28FN3O4. The molecule has 8 heteroatoms. The zero-order valence-corrected chi connectivity index (χ0v) is 18.5. The Balaban J connectivity index is 1.85. The predicted octanol–water partition coefficient (Wildman–Crippen LogP) is 3.21. The molecule has 2 amide bonds. The van der Waals surface area contributed by atoms with Gasteiger partial charge >= 0.3 is 0 Å². The van der Waals surface area contributed by atoms with Crippen LogP contribution >= 0.6 is 0 Å². The summed E-state index contributed by atoms with van der Waals surface area (Å²) in [6.07, 6.45) is 1.25. The summed E-state index contributed by atoms with van der Waals surface area (Å²) in [5.41, 5.74) is 1.83. The number of nitrogens with zero attached hydrogens (tertiary/aromatic N) is 1. The van der Waals surface area contributed by atoms with Crippen molar-refractivity contribution in [2.24, 2.45) is 7.05 Å². The number of hydrogen-bond acceptors (Lipinski definition) is 4. The molecule has 3 rings (SSSR count). The Morgan fingerprint density at radius 2 is 1.77 bits per heavy atom. The van der Waals surface area contributed by atoms with Gasteiger partial charge in [-0.05, 0) is 69.9 Å². The van der Waals surface area contributed by atoms with Crippen LogP contribution in [0, 0.1) is 26.6 Å². The minimum absolute atomic E-state index is 0.172. The van der Waals surface area contributed by atoms with Crippen LogP contribution in [0.15, 0.2) is 18.2 Å². The van der Waals surface area contributed by atoms with Crippen molar-refractivity contribution in [2.75, 3.05) is 18.5 Å². The molecule has 0 bridgehead atoms. The van der Waals surface area contributed by atoms with Gasteiger partial charge in [0.2, 0.25) is 0 Å². The topological polar surface area (TPSA) is 89.4 Å². The van der Waals surface area contributed by atoms with E-state index in [4.69, 9.17) is 4.74 Å². The molecule has 0 spiro atoms. The molecule has 2 aromatic rings. The quantitative estimate of drug-likeness (QED) is 0.564. The fraction of sp³-hybridized carbons (Fsp3) is 0.435. The monoisotopic (exact) mass is 429 g/mol. The van der Waals surface area contributed by atoms with E-state index in [0.29, 0.717) is 54.1 Å². The van der Waals surface area contributed by atoms with Crippen LogP contribution in [0.5, 0.6) is 0 Å². The van der Waals surface area contributed by atoms with E-state index >= 15 is 0 Å². The third-order valence-electron chi connectivity index (χ3n) is 6.01. The standard InChI is InChI=1S/C23H28FN3O4/c1-13-12-16(6-7-17(13)24)25-21(29)18-14(2)19(27(5)15(18)3)20(28)22(30)26-23(4)8-10-31-11-9-23/h6-7,12H,8-11H2,1-5H3,(H,25,29)(H,26,30). The number of hydrogen-bond donors (Lipinski definition) is 2. The van der Waals surface area contributed by atoms with Crippen LogP contribution in [0.25, 0.3) is 0 Å². The summed E-state index contributed by atoms with van der Waals surface area (Å²) in [4.78, 5) is 38.6. The number of rotatable bonds is 5. The average molecular weight is 429 g/mol. The van der Waals surface area contributed by atoms with Crippen molar-refractivity contribution >= 4 is 23.3 Å². The summed E-state index contributed by atoms with van der Waals surface area (Å²) in [7, 11) is 1.65. The van der Waals surface area contributed by atoms with Gasteiger partial charge in [0.15, 0.2) is 0 Å². The highest BCUT2D eigenvalue weighted by atomic mass is 19.1. The van der Waals surface area contributed by atoms with Gasteiger partial charge in [-0.1, -0.05) is 0 Å². The zero-order valence-electron chi connectivity index (χ0n) is 18.5. The Morgan fingerprint density at radius 1 is 1.13 bits per heavy atom. The molecule has 0 radical (unpaired) electrons. The molecule has 0 saturated carbocycles. The second kappa shape index (κ2) is 8.63. The van der Waals surface area contributed by atoms with Gasteiger partial charge in [0, 0.05) is 37.2 Å². The number of amides is 2. The van der Waals surface area contributed by atoms with Crippen molar-refractivity contribution < 1.29 is 23.5 Å². The fourth-order valence-electron chi connectivity index (χ4n) is 3.94. The van der Waals surface area contributed by atoms with E-state index in [-0.39, 0.29) is 11.5 Å². The minimum atomic E-state index is -0.700. The van der Waals surface area contributed by atoms with Gasteiger partial charge in [-0.15, -0.1) is 0 Å². The first-order valence-electron chi connectivity index (χ1n) is 10.2. The Hall–Kier alpha value is -3.00. The molecule has 1 saturated heterocycles. The van der Waals surface area contributed by atoms with Gasteiger partial charge in [-0.2, -0.15) is 0 Å². The van der Waals surface area contributed by atoms with Gasteiger partial charge in [0.05, 0.1) is 11.3 Å². The number of carbonyl (C=O) groups excluding carboxylic acids is 3. The molecule has 2 N–H and O–H groups in total. The SMILES string of the molecule is Cc1cc(NC(=O)c2c(C)c(C(=O)C(=O)NC3(C)CCOCC3)n(C)c2C)ccc1F. The average Bonchev–Trinajstić information content (AvgIpc) is 2.93. The highest BCUT2D eigenvalue weighted by Crippen LogP contribution is 2.25. The molecule has 1 aliphatic rings. The van der Waals surface area contributed by atoms with E-state index < -0.39 is 23.1 Å². The predicted molar refractivity (Wildman–Crippen MR) is 115 cm³/mol. The first kappa shape index (κ1) is 22.7. The molecule has 7 nitrogen and oxygen atoms in total. The Labute approximate surface area is 181 Å². The van der Waals surface area contributed by atoms with Crippen LogP contribution in [0.4, 0.5) is 10.1 Å². The summed E-state index contributed by atoms with van der Waals surface area (Å²) in [5.74, 6) is -2.17. The van der Waals surface area contributed by atoms with Gasteiger partial charge in [0.25, 0.3) is 17.6 Å². The fourth-order valence-corrected chi connectivity index (χ4v) is 3.94. The minimum Gasteiger partial charge on any atom is -0.381 e. The van der Waals surface area contributed by atoms with E-state index in [1.165, 1.54) is 18.2 Å². The summed E-state index contributed by atoms with van der Waals surface area (Å²) in [6.45, 7) is 7.92. The summed E-state index contributed by atoms with van der Waals surface area (Å²) < 4.78 is 20.4. The summed E-state index contributed by atoms with van der Waals surface area (Å²) in [6, 6.07) is 4.29. The van der Waals surface area contributed by atoms with E-state index in [1.54, 1.807) is 32.4 Å². The third kappa shape index (κ3) is 4.54. The number of nitrogens with one attached hydrogen (secondary N) is 2. The number of ketones is 1. The Morgan fingerprint density at radius 3 is 2.39 bits per heavy atom. The molecule has 31 heavy (non-hydrogen) atoms. The third-order valence-corrected chi connectivity index (χ3v) is 6.01. The van der Waals surface area contributed by atoms with Gasteiger partial charge in [-0.3, -0.25) is 14.4 Å². The molecular weight excluding hydrogens is 401 g/mol. The van der Waals surface area contributed by atoms with Crippen molar-refractivity contribution in [3.05, 3.63) is 52.1 Å². The highest BCUT2D eigenvalue weighted by molar-refractivity contribution is 6.43. The lowest BCUT2D eigenvalue weighted by molar-refractivity contribution is -0.119. The second-order valence-electron chi connectivity index (χ2n) is 8.37. The maximum absolute atomic E-state index is 13.5. The van der Waals surface area contributed by atoms with Crippen LogP contribution in [-0.2, 0) is 16.6 Å². The molecule has 0 atom stereocenters. The van der Waals surface area contributed by atoms with E-state index in [1.807, 2.05) is 6.92 Å². The number of carbonyl (C=O) groups is 3. The molecule has 1 aromatic heterocycles. The van der Waals surface area contributed by atoms with E-state index in [9.17, 15) is 18.8 Å². The maximum atomic E-state index is 13.5. The Kier molecular flexibility index (Phi) is 6.31. The smallest absolute Gasteiger partial charge is 0.294 e. The molecule has 1 aliphatic heterocycles. The normalized spacial score (nSPS) is 15.4. The molecule has 2 heterocycles. The van der Waals surface area contributed by atoms with Gasteiger partial charge in [0.1, 0.15) is 5.82 Å². The number of aromatic nitrogens is 1.